The van der Waals surface area contributed by atoms with Crippen molar-refractivity contribution in [1.82, 2.24) is 9.62 Å². The van der Waals surface area contributed by atoms with E-state index in [4.69, 9.17) is 4.74 Å². The molecule has 0 aromatic heterocycles. The first kappa shape index (κ1) is 23.0. The first-order valence-electron chi connectivity index (χ1n) is 10.4. The van der Waals surface area contributed by atoms with Crippen molar-refractivity contribution in [2.45, 2.75) is 36.0 Å². The van der Waals surface area contributed by atoms with E-state index < -0.39 is 10.0 Å². The lowest BCUT2D eigenvalue weighted by Crippen LogP contribution is -2.38. The Labute approximate surface area is 185 Å². The second-order valence-corrected chi connectivity index (χ2v) is 10.2. The van der Waals surface area contributed by atoms with E-state index >= 15 is 0 Å². The van der Waals surface area contributed by atoms with Crippen LogP contribution in [-0.2, 0) is 20.2 Å². The lowest BCUT2D eigenvalue weighted by Gasteiger charge is -2.29. The van der Waals surface area contributed by atoms with E-state index in [0.717, 1.165) is 30.0 Å². The first-order chi connectivity index (χ1) is 14.8. The third-order valence-corrected chi connectivity index (χ3v) is 7.76. The summed E-state index contributed by atoms with van der Waals surface area (Å²) in [6.45, 7) is 0.586. The summed E-state index contributed by atoms with van der Waals surface area (Å²) in [7, 11) is 0.699. The normalized spacial score (nSPS) is 16.0. The number of hydrogen-bond acceptors (Lipinski definition) is 4. The largest absolute Gasteiger partial charge is 0.495 e. The third kappa shape index (κ3) is 5.17. The van der Waals surface area contributed by atoms with Crippen LogP contribution in [0.5, 0.6) is 5.75 Å². The molecule has 166 valence electrons. The van der Waals surface area contributed by atoms with Crippen LogP contribution in [0.4, 0.5) is 0 Å². The second-order valence-electron chi connectivity index (χ2n) is 8.10. The quantitative estimate of drug-likeness (QED) is 0.634. The Hall–Kier alpha value is -2.64. The summed E-state index contributed by atoms with van der Waals surface area (Å²) < 4.78 is 31.5. The highest BCUT2D eigenvalue weighted by molar-refractivity contribution is 7.89. The van der Waals surface area contributed by atoms with E-state index in [1.54, 1.807) is 18.2 Å². The van der Waals surface area contributed by atoms with Crippen molar-refractivity contribution in [3.8, 4) is 5.75 Å². The molecule has 2 aromatic rings. The van der Waals surface area contributed by atoms with Crippen molar-refractivity contribution < 1.29 is 17.9 Å². The Morgan fingerprint density at radius 3 is 2.42 bits per heavy atom. The van der Waals surface area contributed by atoms with Crippen LogP contribution < -0.4 is 10.1 Å². The summed E-state index contributed by atoms with van der Waals surface area (Å²) in [5.41, 5.74) is 1.86. The number of amides is 1. The van der Waals surface area contributed by atoms with E-state index in [2.05, 4.69) is 17.4 Å². The molecular weight excluding hydrogens is 412 g/mol. The minimum Gasteiger partial charge on any atom is -0.495 e. The highest BCUT2D eigenvalue weighted by Crippen LogP contribution is 2.40. The van der Waals surface area contributed by atoms with Gasteiger partial charge in [0.05, 0.1) is 7.11 Å². The third-order valence-electron chi connectivity index (χ3n) is 5.92. The summed E-state index contributed by atoms with van der Waals surface area (Å²) in [6, 6.07) is 15.2. The number of nitrogens with one attached hydrogen (secondary N) is 1. The standard InChI is InChI=1S/C24H30N2O4S/c1-26(2)31(28,29)22-17-19(11-13-21(22)30-3)12-14-23(27)25-18-24(15-7-8-16-24)20-9-5-4-6-10-20/h4-6,9-14,17H,7-8,15-16,18H2,1-3H3,(H,25,27)/b14-12+. The average Bonchev–Trinajstić information content (AvgIpc) is 3.27. The molecule has 0 heterocycles. The number of benzene rings is 2. The van der Waals surface area contributed by atoms with Gasteiger partial charge >= 0.3 is 0 Å². The molecule has 6 nitrogen and oxygen atoms in total. The summed E-state index contributed by atoms with van der Waals surface area (Å²) in [6.07, 6.45) is 7.51. The van der Waals surface area contributed by atoms with Crippen LogP contribution in [0.2, 0.25) is 0 Å². The van der Waals surface area contributed by atoms with Crippen molar-refractivity contribution in [3.63, 3.8) is 0 Å². The zero-order valence-electron chi connectivity index (χ0n) is 18.3. The summed E-state index contributed by atoms with van der Waals surface area (Å²) >= 11 is 0. The summed E-state index contributed by atoms with van der Waals surface area (Å²) in [5, 5.41) is 3.04. The van der Waals surface area contributed by atoms with Gasteiger partial charge in [-0.2, -0.15) is 0 Å². The van der Waals surface area contributed by atoms with Crippen molar-refractivity contribution in [2.24, 2.45) is 0 Å². The van der Waals surface area contributed by atoms with Gasteiger partial charge in [0.2, 0.25) is 15.9 Å². The number of methoxy groups -OCH3 is 1. The molecule has 0 saturated heterocycles. The van der Waals surface area contributed by atoms with E-state index in [1.165, 1.54) is 38.9 Å². The Morgan fingerprint density at radius 1 is 1.13 bits per heavy atom. The van der Waals surface area contributed by atoms with Crippen LogP contribution in [0.15, 0.2) is 59.5 Å². The molecule has 2 aromatic carbocycles. The SMILES string of the molecule is COc1ccc(/C=C/C(=O)NCC2(c3ccccc3)CCCC2)cc1S(=O)(=O)N(C)C. The maximum absolute atomic E-state index is 12.6. The van der Waals surface area contributed by atoms with Crippen LogP contribution in [0, 0.1) is 0 Å². The van der Waals surface area contributed by atoms with Crippen molar-refractivity contribution >= 4 is 22.0 Å². The summed E-state index contributed by atoms with van der Waals surface area (Å²) in [5.74, 6) is 0.0661. The lowest BCUT2D eigenvalue weighted by molar-refractivity contribution is -0.116. The molecule has 0 bridgehead atoms. The van der Waals surface area contributed by atoms with Crippen LogP contribution in [0.25, 0.3) is 6.08 Å². The molecule has 1 saturated carbocycles. The smallest absolute Gasteiger partial charge is 0.246 e. The second kappa shape index (κ2) is 9.66. The maximum atomic E-state index is 12.6. The Bertz CT molecular complexity index is 1040. The van der Waals surface area contributed by atoms with Gasteiger partial charge in [-0.25, -0.2) is 12.7 Å². The Morgan fingerprint density at radius 2 is 1.81 bits per heavy atom. The van der Waals surface area contributed by atoms with Gasteiger partial charge in [-0.1, -0.05) is 49.2 Å². The van der Waals surface area contributed by atoms with Gasteiger partial charge in [-0.05, 0) is 42.2 Å². The fourth-order valence-corrected chi connectivity index (χ4v) is 5.18. The molecule has 1 N–H and O–H groups in total. The van der Waals surface area contributed by atoms with Gasteiger partial charge in [0.15, 0.2) is 0 Å². The molecule has 7 heteroatoms. The van der Waals surface area contributed by atoms with E-state index in [0.29, 0.717) is 12.1 Å². The van der Waals surface area contributed by atoms with Gasteiger partial charge in [0.25, 0.3) is 0 Å². The molecule has 0 radical (unpaired) electrons. The molecular formula is C24H30N2O4S. The molecule has 1 amide bonds. The summed E-state index contributed by atoms with van der Waals surface area (Å²) in [4.78, 5) is 12.6. The molecule has 1 aliphatic carbocycles. The van der Waals surface area contributed by atoms with Crippen molar-refractivity contribution in [1.29, 1.82) is 0 Å². The number of ether oxygens (including phenoxy) is 1. The van der Waals surface area contributed by atoms with Gasteiger partial charge in [0.1, 0.15) is 10.6 Å². The van der Waals surface area contributed by atoms with Crippen LogP contribution in [0.3, 0.4) is 0 Å². The monoisotopic (exact) mass is 442 g/mol. The number of rotatable bonds is 8. The number of sulfonamides is 1. The molecule has 1 aliphatic rings. The zero-order chi connectivity index (χ0) is 22.5. The molecule has 3 rings (SSSR count). The maximum Gasteiger partial charge on any atom is 0.246 e. The number of nitrogens with zero attached hydrogens (tertiary/aromatic N) is 1. The van der Waals surface area contributed by atoms with Gasteiger partial charge < -0.3 is 10.1 Å². The fraction of sp³-hybridized carbons (Fsp3) is 0.375. The highest BCUT2D eigenvalue weighted by Gasteiger charge is 2.35. The number of carbonyl (C=O) groups excluding carboxylic acids is 1. The molecule has 1 fully saturated rings. The van der Waals surface area contributed by atoms with Crippen molar-refractivity contribution in [2.75, 3.05) is 27.7 Å². The Balaban J connectivity index is 1.73. The minimum absolute atomic E-state index is 0.0160. The highest BCUT2D eigenvalue weighted by atomic mass is 32.2. The molecule has 0 spiro atoms. The predicted octanol–water partition coefficient (Wildman–Crippen LogP) is 3.59. The molecule has 31 heavy (non-hydrogen) atoms. The topological polar surface area (TPSA) is 75.7 Å². The molecule has 0 aliphatic heterocycles. The lowest BCUT2D eigenvalue weighted by atomic mass is 9.79. The first-order valence-corrected chi connectivity index (χ1v) is 11.8. The molecule has 0 unspecified atom stereocenters. The van der Waals surface area contributed by atoms with E-state index in [9.17, 15) is 13.2 Å². The van der Waals surface area contributed by atoms with Gasteiger partial charge in [-0.15, -0.1) is 0 Å². The molecule has 0 atom stereocenters. The predicted molar refractivity (Wildman–Crippen MR) is 122 cm³/mol. The van der Waals surface area contributed by atoms with E-state index in [-0.39, 0.29) is 22.0 Å². The average molecular weight is 443 g/mol. The minimum atomic E-state index is -3.67. The van der Waals surface area contributed by atoms with Crippen LogP contribution in [0.1, 0.15) is 36.8 Å². The Kier molecular flexibility index (Phi) is 7.18. The zero-order valence-corrected chi connectivity index (χ0v) is 19.1. The number of carbonyl (C=O) groups is 1. The number of hydrogen-bond donors (Lipinski definition) is 1. The van der Waals surface area contributed by atoms with Crippen LogP contribution >= 0.6 is 0 Å². The van der Waals surface area contributed by atoms with Crippen molar-refractivity contribution in [3.05, 3.63) is 65.7 Å². The van der Waals surface area contributed by atoms with Crippen LogP contribution in [-0.4, -0.2) is 46.4 Å². The fourth-order valence-electron chi connectivity index (χ4n) is 4.09. The van der Waals surface area contributed by atoms with Gasteiger partial charge in [0, 0.05) is 32.1 Å². The van der Waals surface area contributed by atoms with E-state index in [1.807, 2.05) is 18.2 Å². The van der Waals surface area contributed by atoms with Gasteiger partial charge in [-0.3, -0.25) is 4.79 Å².